The zero-order valence-corrected chi connectivity index (χ0v) is 17.6. The van der Waals surface area contributed by atoms with Crippen LogP contribution in [0, 0.1) is 12.3 Å². The van der Waals surface area contributed by atoms with E-state index >= 15 is 0 Å². The number of hydrogen-bond acceptors (Lipinski definition) is 4. The molecule has 2 aromatic carbocycles. The molecule has 0 unspecified atom stereocenters. The van der Waals surface area contributed by atoms with Crippen LogP contribution in [0.1, 0.15) is 16.8 Å². The van der Waals surface area contributed by atoms with Crippen LogP contribution in [-0.2, 0) is 20.0 Å². The Kier molecular flexibility index (Phi) is 4.71. The molecule has 0 aliphatic carbocycles. The highest BCUT2D eigenvalue weighted by atomic mass is 16.5. The number of benzene rings is 2. The highest BCUT2D eigenvalue weighted by Gasteiger charge is 2.18. The van der Waals surface area contributed by atoms with Gasteiger partial charge in [-0.15, -0.1) is 0 Å². The first-order valence-electron chi connectivity index (χ1n) is 10.4. The van der Waals surface area contributed by atoms with Gasteiger partial charge in [-0.3, -0.25) is 14.8 Å². The highest BCUT2D eigenvalue weighted by molar-refractivity contribution is 5.87. The highest BCUT2D eigenvalue weighted by Crippen LogP contribution is 2.30. The molecule has 0 saturated carbocycles. The van der Waals surface area contributed by atoms with E-state index in [9.17, 15) is 4.79 Å². The van der Waals surface area contributed by atoms with E-state index in [2.05, 4.69) is 29.1 Å². The summed E-state index contributed by atoms with van der Waals surface area (Å²) in [6, 6.07) is 15.5. The van der Waals surface area contributed by atoms with Crippen molar-refractivity contribution in [3.63, 3.8) is 0 Å². The number of hydrogen-bond donors (Lipinski definition) is 2. The molecule has 0 bridgehead atoms. The van der Waals surface area contributed by atoms with E-state index in [1.54, 1.807) is 16.7 Å². The molecule has 6 heteroatoms. The fourth-order valence-electron chi connectivity index (χ4n) is 4.59. The predicted octanol–water partition coefficient (Wildman–Crippen LogP) is 3.94. The quantitative estimate of drug-likeness (QED) is 0.394. The van der Waals surface area contributed by atoms with Gasteiger partial charge >= 0.3 is 0 Å². The zero-order chi connectivity index (χ0) is 21.5. The summed E-state index contributed by atoms with van der Waals surface area (Å²) < 4.78 is 9.05. The average Bonchev–Trinajstić information content (AvgIpc) is 3.06. The molecule has 2 aromatic heterocycles. The van der Waals surface area contributed by atoms with Crippen molar-refractivity contribution in [2.45, 2.75) is 19.9 Å². The van der Waals surface area contributed by atoms with Crippen LogP contribution in [0.2, 0.25) is 0 Å². The summed E-state index contributed by atoms with van der Waals surface area (Å²) >= 11 is 0. The van der Waals surface area contributed by atoms with E-state index < -0.39 is 0 Å². The molecular formula is C25H24N4O2. The molecule has 4 aromatic rings. The Morgan fingerprint density at radius 2 is 2.00 bits per heavy atom. The number of fused-ring (bicyclic) bond motifs is 3. The zero-order valence-electron chi connectivity index (χ0n) is 17.6. The molecule has 0 amide bonds. The molecule has 0 atom stereocenters. The third-order valence-electron chi connectivity index (χ3n) is 6.17. The fraction of sp³-hybridized carbons (Fsp3) is 0.200. The van der Waals surface area contributed by atoms with Gasteiger partial charge in [0.05, 0.1) is 11.2 Å². The minimum absolute atomic E-state index is 0.0725. The monoisotopic (exact) mass is 412 g/mol. The molecular weight excluding hydrogens is 388 g/mol. The maximum absolute atomic E-state index is 13.0. The Morgan fingerprint density at radius 1 is 1.13 bits per heavy atom. The van der Waals surface area contributed by atoms with Gasteiger partial charge in [-0.25, -0.2) is 0 Å². The SMILES string of the molecule is Cc1cc(OC=N)ccc1-c1ccn(-c2ccc3c4c(n(C)c3c2)CNCC4)c(=O)c1. The van der Waals surface area contributed by atoms with Crippen molar-refractivity contribution in [3.05, 3.63) is 81.9 Å². The minimum atomic E-state index is -0.0725. The molecule has 6 nitrogen and oxygen atoms in total. The number of aryl methyl sites for hydroxylation is 2. The van der Waals surface area contributed by atoms with Gasteiger partial charge in [0.25, 0.3) is 5.56 Å². The molecule has 1 aliphatic rings. The normalized spacial score (nSPS) is 13.2. The van der Waals surface area contributed by atoms with E-state index in [1.165, 1.54) is 16.6 Å². The van der Waals surface area contributed by atoms with Crippen LogP contribution < -0.4 is 15.6 Å². The molecule has 3 heterocycles. The maximum Gasteiger partial charge on any atom is 0.255 e. The largest absolute Gasteiger partial charge is 0.446 e. The number of pyridine rings is 1. The van der Waals surface area contributed by atoms with Crippen LogP contribution in [0.4, 0.5) is 0 Å². The van der Waals surface area contributed by atoms with Crippen LogP contribution >= 0.6 is 0 Å². The summed E-state index contributed by atoms with van der Waals surface area (Å²) in [6.07, 6.45) is 3.78. The van der Waals surface area contributed by atoms with E-state index in [0.717, 1.165) is 53.8 Å². The third kappa shape index (κ3) is 3.25. The van der Waals surface area contributed by atoms with Crippen molar-refractivity contribution >= 4 is 17.3 Å². The average molecular weight is 412 g/mol. The first kappa shape index (κ1) is 19.3. The van der Waals surface area contributed by atoms with E-state index in [0.29, 0.717) is 5.75 Å². The van der Waals surface area contributed by atoms with Gasteiger partial charge in [0, 0.05) is 36.9 Å². The smallest absolute Gasteiger partial charge is 0.255 e. The second-order valence-corrected chi connectivity index (χ2v) is 7.95. The number of ether oxygens (including phenoxy) is 1. The van der Waals surface area contributed by atoms with Crippen molar-refractivity contribution in [1.29, 1.82) is 5.41 Å². The maximum atomic E-state index is 13.0. The Hall–Kier alpha value is -3.64. The minimum Gasteiger partial charge on any atom is -0.446 e. The van der Waals surface area contributed by atoms with E-state index in [4.69, 9.17) is 10.1 Å². The van der Waals surface area contributed by atoms with Crippen molar-refractivity contribution in [2.24, 2.45) is 7.05 Å². The molecule has 1 aliphatic heterocycles. The standard InChI is InChI=1S/C25H24N4O2/c1-16-11-19(31-15-26)4-6-20(16)17-8-10-29(25(30)12-17)18-3-5-21-22-7-9-27-14-24(22)28(2)23(21)13-18/h3-6,8,10-13,15,26-27H,7,9,14H2,1-2H3. The Balaban J connectivity index is 1.55. The summed E-state index contributed by atoms with van der Waals surface area (Å²) in [5.74, 6) is 0.610. The van der Waals surface area contributed by atoms with Crippen molar-refractivity contribution < 1.29 is 4.74 Å². The van der Waals surface area contributed by atoms with Gasteiger partial charge in [-0.1, -0.05) is 12.1 Å². The Bertz CT molecular complexity index is 1380. The van der Waals surface area contributed by atoms with Gasteiger partial charge in [0.2, 0.25) is 0 Å². The lowest BCUT2D eigenvalue weighted by molar-refractivity contribution is 0.569. The van der Waals surface area contributed by atoms with Crippen molar-refractivity contribution in [2.75, 3.05) is 6.54 Å². The summed E-state index contributed by atoms with van der Waals surface area (Å²) in [5, 5.41) is 11.8. The summed E-state index contributed by atoms with van der Waals surface area (Å²) in [7, 11) is 2.10. The molecule has 0 fully saturated rings. The van der Waals surface area contributed by atoms with Gasteiger partial charge in [-0.2, -0.15) is 0 Å². The summed E-state index contributed by atoms with van der Waals surface area (Å²) in [4.78, 5) is 13.0. The van der Waals surface area contributed by atoms with Crippen LogP contribution in [0.3, 0.4) is 0 Å². The summed E-state index contributed by atoms with van der Waals surface area (Å²) in [6.45, 7) is 3.85. The lowest BCUT2D eigenvalue weighted by Gasteiger charge is -2.14. The summed E-state index contributed by atoms with van der Waals surface area (Å²) in [5.41, 5.74) is 7.50. The molecule has 0 saturated heterocycles. The third-order valence-corrected chi connectivity index (χ3v) is 6.17. The second kappa shape index (κ2) is 7.56. The molecule has 156 valence electrons. The number of nitrogens with zero attached hydrogens (tertiary/aromatic N) is 2. The molecule has 2 N–H and O–H groups in total. The number of nitrogens with one attached hydrogen (secondary N) is 2. The van der Waals surface area contributed by atoms with E-state index in [1.807, 2.05) is 37.4 Å². The molecule has 5 rings (SSSR count). The van der Waals surface area contributed by atoms with Crippen molar-refractivity contribution in [3.8, 4) is 22.6 Å². The number of aromatic nitrogens is 2. The molecule has 31 heavy (non-hydrogen) atoms. The second-order valence-electron chi connectivity index (χ2n) is 7.95. The fourth-order valence-corrected chi connectivity index (χ4v) is 4.59. The topological polar surface area (TPSA) is 72.0 Å². The van der Waals surface area contributed by atoms with Crippen LogP contribution in [0.5, 0.6) is 5.75 Å². The molecule has 0 spiro atoms. The first-order chi connectivity index (χ1) is 15.1. The lowest BCUT2D eigenvalue weighted by atomic mass is 10.0. The first-order valence-corrected chi connectivity index (χ1v) is 10.4. The van der Waals surface area contributed by atoms with Crippen molar-refractivity contribution in [1.82, 2.24) is 14.5 Å². The number of rotatable bonds is 4. The van der Waals surface area contributed by atoms with E-state index in [-0.39, 0.29) is 5.56 Å². The van der Waals surface area contributed by atoms with Gasteiger partial charge in [0.15, 0.2) is 6.40 Å². The van der Waals surface area contributed by atoms with Crippen LogP contribution in [0.15, 0.2) is 59.5 Å². The Labute approximate surface area is 180 Å². The Morgan fingerprint density at radius 3 is 2.77 bits per heavy atom. The van der Waals surface area contributed by atoms with Gasteiger partial charge in [-0.05, 0) is 72.5 Å². The van der Waals surface area contributed by atoms with Gasteiger partial charge in [0.1, 0.15) is 5.75 Å². The van der Waals surface area contributed by atoms with Gasteiger partial charge < -0.3 is 14.6 Å². The van der Waals surface area contributed by atoms with Crippen LogP contribution in [-0.4, -0.2) is 22.1 Å². The molecule has 0 radical (unpaired) electrons. The predicted molar refractivity (Wildman–Crippen MR) is 124 cm³/mol. The lowest BCUT2D eigenvalue weighted by Crippen LogP contribution is -2.24. The van der Waals surface area contributed by atoms with Crippen LogP contribution in [0.25, 0.3) is 27.7 Å².